The van der Waals surface area contributed by atoms with E-state index in [-0.39, 0.29) is 6.42 Å². The molecule has 0 fully saturated rings. The zero-order valence-electron chi connectivity index (χ0n) is 12.1. The molecule has 0 bridgehead atoms. The molecule has 0 amide bonds. The van der Waals surface area contributed by atoms with Gasteiger partial charge in [-0.25, -0.2) is 0 Å². The highest BCUT2D eigenvalue weighted by molar-refractivity contribution is 6.39. The van der Waals surface area contributed by atoms with Crippen molar-refractivity contribution in [2.75, 3.05) is 0 Å². The number of aromatic amines is 1. The summed E-state index contributed by atoms with van der Waals surface area (Å²) in [5.74, 6) is -1.06. The van der Waals surface area contributed by atoms with E-state index in [0.717, 1.165) is 27.9 Å². The summed E-state index contributed by atoms with van der Waals surface area (Å²) in [5.41, 5.74) is 3.37. The minimum Gasteiger partial charge on any atom is -0.550 e. The number of carboxylic acid groups (broad SMARTS) is 1. The van der Waals surface area contributed by atoms with Crippen LogP contribution in [0.25, 0.3) is 22.3 Å². The zero-order valence-corrected chi connectivity index (χ0v) is 13.6. The quantitative estimate of drug-likeness (QED) is 0.766. The second-order valence-electron chi connectivity index (χ2n) is 5.23. The number of aromatic nitrogens is 2. The Morgan fingerprint density at radius 3 is 2.78 bits per heavy atom. The van der Waals surface area contributed by atoms with E-state index in [2.05, 4.69) is 9.97 Å². The third kappa shape index (κ3) is 3.33. The van der Waals surface area contributed by atoms with Crippen molar-refractivity contribution in [3.63, 3.8) is 0 Å². The lowest BCUT2D eigenvalue weighted by molar-refractivity contribution is -0.305. The molecular weight excluding hydrogens is 335 g/mol. The van der Waals surface area contributed by atoms with Crippen LogP contribution in [0.5, 0.6) is 0 Å². The number of H-pyrrole nitrogens is 1. The number of carbonyl (C=O) groups is 1. The van der Waals surface area contributed by atoms with Gasteiger partial charge in [-0.3, -0.25) is 4.98 Å². The molecule has 0 saturated carbocycles. The molecule has 0 aliphatic rings. The molecule has 4 nitrogen and oxygen atoms in total. The minimum absolute atomic E-state index is 0.000456. The van der Waals surface area contributed by atoms with E-state index in [1.807, 2.05) is 18.2 Å². The molecule has 3 aromatic rings. The Morgan fingerprint density at radius 2 is 2.09 bits per heavy atom. The fourth-order valence-corrected chi connectivity index (χ4v) is 3.31. The summed E-state index contributed by atoms with van der Waals surface area (Å²) in [5, 5.41) is 12.6. The van der Waals surface area contributed by atoms with Gasteiger partial charge >= 0.3 is 0 Å². The van der Waals surface area contributed by atoms with E-state index >= 15 is 0 Å². The summed E-state index contributed by atoms with van der Waals surface area (Å²) in [6.45, 7) is 0. The van der Waals surface area contributed by atoms with Crippen molar-refractivity contribution in [3.8, 4) is 11.4 Å². The Balaban J connectivity index is 2.14. The third-order valence-corrected chi connectivity index (χ3v) is 4.16. The highest BCUT2D eigenvalue weighted by atomic mass is 35.5. The van der Waals surface area contributed by atoms with Crippen molar-refractivity contribution in [1.82, 2.24) is 9.97 Å². The average Bonchev–Trinajstić information content (AvgIpc) is 2.86. The lowest BCUT2D eigenvalue weighted by Gasteiger charge is -2.06. The SMILES string of the molecule is O=C([O-])CCCc1c(-c2ccccn2)[nH]c2cc(Cl)cc(Cl)c12. The smallest absolute Gasteiger partial charge is 0.0867 e. The van der Waals surface area contributed by atoms with E-state index in [4.69, 9.17) is 23.2 Å². The summed E-state index contributed by atoms with van der Waals surface area (Å²) < 4.78 is 0. The molecule has 3 rings (SSSR count). The first-order valence-corrected chi connectivity index (χ1v) is 7.92. The Labute approximate surface area is 143 Å². The number of nitrogens with zero attached hydrogens (tertiary/aromatic N) is 1. The Morgan fingerprint density at radius 1 is 1.26 bits per heavy atom. The summed E-state index contributed by atoms with van der Waals surface area (Å²) in [6, 6.07) is 9.11. The standard InChI is InChI=1S/C17H14Cl2N2O2/c18-10-8-12(19)16-11(4-3-6-15(22)23)17(21-14(16)9-10)13-5-1-2-7-20-13/h1-2,5,7-9,21H,3-4,6H2,(H,22,23)/p-1. The fraction of sp³-hybridized carbons (Fsp3) is 0.176. The maximum absolute atomic E-state index is 10.7. The van der Waals surface area contributed by atoms with Crippen LogP contribution in [-0.2, 0) is 11.2 Å². The van der Waals surface area contributed by atoms with Crippen LogP contribution in [0.4, 0.5) is 0 Å². The van der Waals surface area contributed by atoms with E-state index in [1.54, 1.807) is 18.3 Å². The Kier molecular flexibility index (Phi) is 4.55. The second-order valence-corrected chi connectivity index (χ2v) is 6.07. The molecular formula is C17H13Cl2N2O2-. The van der Waals surface area contributed by atoms with Gasteiger partial charge in [0.15, 0.2) is 0 Å². The number of carbonyl (C=O) groups excluding carboxylic acids is 1. The number of fused-ring (bicyclic) bond motifs is 1. The number of benzene rings is 1. The van der Waals surface area contributed by atoms with Gasteiger partial charge in [0.25, 0.3) is 0 Å². The molecule has 0 aliphatic carbocycles. The Hall–Kier alpha value is -2.04. The van der Waals surface area contributed by atoms with Gasteiger partial charge in [-0.2, -0.15) is 0 Å². The molecule has 1 N–H and O–H groups in total. The van der Waals surface area contributed by atoms with Gasteiger partial charge in [0, 0.05) is 28.1 Å². The van der Waals surface area contributed by atoms with Crippen LogP contribution in [0.15, 0.2) is 36.5 Å². The molecule has 23 heavy (non-hydrogen) atoms. The topological polar surface area (TPSA) is 68.8 Å². The first-order valence-electron chi connectivity index (χ1n) is 7.17. The first-order chi connectivity index (χ1) is 11.1. The number of aliphatic carboxylic acids is 1. The van der Waals surface area contributed by atoms with Crippen molar-refractivity contribution in [2.24, 2.45) is 0 Å². The number of carboxylic acids is 1. The highest BCUT2D eigenvalue weighted by Crippen LogP contribution is 2.36. The summed E-state index contributed by atoms with van der Waals surface area (Å²) in [4.78, 5) is 18.4. The van der Waals surface area contributed by atoms with Gasteiger partial charge in [0.05, 0.1) is 16.4 Å². The predicted octanol–water partition coefficient (Wildman–Crippen LogP) is 3.61. The monoisotopic (exact) mass is 347 g/mol. The van der Waals surface area contributed by atoms with E-state index < -0.39 is 5.97 Å². The van der Waals surface area contributed by atoms with Crippen LogP contribution in [0.2, 0.25) is 10.0 Å². The lowest BCUT2D eigenvalue weighted by Crippen LogP contribution is -2.21. The van der Waals surface area contributed by atoms with Gasteiger partial charge in [0.2, 0.25) is 0 Å². The van der Waals surface area contributed by atoms with Crippen LogP contribution in [0.1, 0.15) is 18.4 Å². The molecule has 2 aromatic heterocycles. The Bertz CT molecular complexity index is 860. The van der Waals surface area contributed by atoms with Gasteiger partial charge in [0.1, 0.15) is 0 Å². The summed E-state index contributed by atoms with van der Waals surface area (Å²) >= 11 is 12.4. The van der Waals surface area contributed by atoms with Crippen molar-refractivity contribution in [1.29, 1.82) is 0 Å². The largest absolute Gasteiger partial charge is 0.550 e. The number of halogens is 2. The second kappa shape index (κ2) is 6.60. The molecule has 6 heteroatoms. The van der Waals surface area contributed by atoms with Crippen LogP contribution in [0, 0.1) is 0 Å². The fourth-order valence-electron chi connectivity index (χ4n) is 2.70. The van der Waals surface area contributed by atoms with E-state index in [1.165, 1.54) is 0 Å². The number of hydrogen-bond donors (Lipinski definition) is 1. The minimum atomic E-state index is -1.06. The number of nitrogens with one attached hydrogen (secondary N) is 1. The normalized spacial score (nSPS) is 11.0. The predicted molar refractivity (Wildman–Crippen MR) is 89.5 cm³/mol. The van der Waals surface area contributed by atoms with Crippen molar-refractivity contribution in [2.45, 2.75) is 19.3 Å². The highest BCUT2D eigenvalue weighted by Gasteiger charge is 2.16. The average molecular weight is 348 g/mol. The molecule has 0 saturated heterocycles. The van der Waals surface area contributed by atoms with Crippen LogP contribution in [0.3, 0.4) is 0 Å². The van der Waals surface area contributed by atoms with Gasteiger partial charge in [-0.15, -0.1) is 0 Å². The van der Waals surface area contributed by atoms with Crippen LogP contribution >= 0.6 is 23.2 Å². The molecule has 0 aliphatic heterocycles. The molecule has 0 unspecified atom stereocenters. The molecule has 0 radical (unpaired) electrons. The number of aryl methyl sites for hydroxylation is 1. The number of hydrogen-bond acceptors (Lipinski definition) is 3. The first kappa shape index (κ1) is 15.8. The van der Waals surface area contributed by atoms with Gasteiger partial charge < -0.3 is 14.9 Å². The molecule has 0 spiro atoms. The van der Waals surface area contributed by atoms with Crippen LogP contribution in [-0.4, -0.2) is 15.9 Å². The van der Waals surface area contributed by atoms with Gasteiger partial charge in [-0.1, -0.05) is 29.3 Å². The third-order valence-electron chi connectivity index (χ3n) is 3.65. The number of rotatable bonds is 5. The molecule has 2 heterocycles. The molecule has 0 atom stereocenters. The van der Waals surface area contributed by atoms with Crippen molar-refractivity contribution >= 4 is 40.1 Å². The molecule has 1 aromatic carbocycles. The lowest BCUT2D eigenvalue weighted by atomic mass is 10.0. The maximum Gasteiger partial charge on any atom is 0.0867 e. The van der Waals surface area contributed by atoms with Gasteiger partial charge in [-0.05, 0) is 49.1 Å². The summed E-state index contributed by atoms with van der Waals surface area (Å²) in [6.07, 6.45) is 2.73. The zero-order chi connectivity index (χ0) is 16.4. The van der Waals surface area contributed by atoms with E-state index in [9.17, 15) is 9.90 Å². The maximum atomic E-state index is 10.7. The van der Waals surface area contributed by atoms with E-state index in [0.29, 0.717) is 22.9 Å². The van der Waals surface area contributed by atoms with Crippen molar-refractivity contribution in [3.05, 3.63) is 52.1 Å². The van der Waals surface area contributed by atoms with Crippen LogP contribution < -0.4 is 5.11 Å². The molecule has 118 valence electrons. The summed E-state index contributed by atoms with van der Waals surface area (Å²) in [7, 11) is 0. The van der Waals surface area contributed by atoms with Crippen molar-refractivity contribution < 1.29 is 9.90 Å². The number of pyridine rings is 1.